The summed E-state index contributed by atoms with van der Waals surface area (Å²) in [4.78, 5) is 26.5. The SMILES string of the molecule is O=C(NC1CCCC1)[C@H]1CCC(=O)N1Cc1ccc2c(c1)OCO2. The van der Waals surface area contributed by atoms with Crippen molar-refractivity contribution in [1.82, 2.24) is 10.2 Å². The zero-order chi connectivity index (χ0) is 16.5. The Morgan fingerprint density at radius 1 is 1.17 bits per heavy atom. The first-order valence-corrected chi connectivity index (χ1v) is 8.69. The van der Waals surface area contributed by atoms with Gasteiger partial charge in [-0.15, -0.1) is 0 Å². The van der Waals surface area contributed by atoms with Gasteiger partial charge >= 0.3 is 0 Å². The van der Waals surface area contributed by atoms with Gasteiger partial charge in [0, 0.05) is 19.0 Å². The molecule has 6 nitrogen and oxygen atoms in total. The normalized spacial score (nSPS) is 23.1. The Bertz CT molecular complexity index is 654. The Morgan fingerprint density at radius 3 is 2.79 bits per heavy atom. The molecule has 1 N–H and O–H groups in total. The summed E-state index contributed by atoms with van der Waals surface area (Å²) < 4.78 is 10.7. The van der Waals surface area contributed by atoms with E-state index in [1.54, 1.807) is 4.90 Å². The van der Waals surface area contributed by atoms with Gasteiger partial charge in [-0.2, -0.15) is 0 Å². The number of hydrogen-bond donors (Lipinski definition) is 1. The van der Waals surface area contributed by atoms with Gasteiger partial charge in [0.15, 0.2) is 11.5 Å². The van der Waals surface area contributed by atoms with Crippen molar-refractivity contribution in [2.75, 3.05) is 6.79 Å². The Hall–Kier alpha value is -2.24. The summed E-state index contributed by atoms with van der Waals surface area (Å²) in [7, 11) is 0. The first-order chi connectivity index (χ1) is 11.7. The van der Waals surface area contributed by atoms with Crippen molar-refractivity contribution in [3.63, 3.8) is 0 Å². The highest BCUT2D eigenvalue weighted by Gasteiger charge is 2.37. The van der Waals surface area contributed by atoms with Crippen LogP contribution in [-0.4, -0.2) is 35.6 Å². The Balaban J connectivity index is 1.45. The van der Waals surface area contributed by atoms with Gasteiger partial charge < -0.3 is 19.7 Å². The minimum Gasteiger partial charge on any atom is -0.454 e. The molecular weight excluding hydrogens is 308 g/mol. The highest BCUT2D eigenvalue weighted by atomic mass is 16.7. The van der Waals surface area contributed by atoms with Crippen molar-refractivity contribution >= 4 is 11.8 Å². The fourth-order valence-electron chi connectivity index (χ4n) is 3.81. The molecule has 4 rings (SSSR count). The van der Waals surface area contributed by atoms with Crippen molar-refractivity contribution in [3.8, 4) is 11.5 Å². The third kappa shape index (κ3) is 2.92. The molecule has 3 aliphatic rings. The zero-order valence-corrected chi connectivity index (χ0v) is 13.6. The molecule has 1 atom stereocenters. The van der Waals surface area contributed by atoms with Crippen molar-refractivity contribution in [3.05, 3.63) is 23.8 Å². The molecule has 1 aliphatic carbocycles. The maximum Gasteiger partial charge on any atom is 0.243 e. The van der Waals surface area contributed by atoms with Gasteiger partial charge in [0.05, 0.1) is 0 Å². The topological polar surface area (TPSA) is 67.9 Å². The van der Waals surface area contributed by atoms with E-state index in [1.165, 1.54) is 12.8 Å². The fourth-order valence-corrected chi connectivity index (χ4v) is 3.81. The molecule has 0 spiro atoms. The minimum absolute atomic E-state index is 0.00602. The lowest BCUT2D eigenvalue weighted by Crippen LogP contribution is -2.47. The monoisotopic (exact) mass is 330 g/mol. The highest BCUT2D eigenvalue weighted by Crippen LogP contribution is 2.33. The van der Waals surface area contributed by atoms with Crippen LogP contribution in [0.4, 0.5) is 0 Å². The van der Waals surface area contributed by atoms with E-state index in [9.17, 15) is 9.59 Å². The molecule has 0 unspecified atom stereocenters. The molecule has 2 fully saturated rings. The standard InChI is InChI=1S/C18H22N2O4/c21-17-8-6-14(18(22)19-13-3-1-2-4-13)20(17)10-12-5-7-15-16(9-12)24-11-23-15/h5,7,9,13-14H,1-4,6,8,10-11H2,(H,19,22)/t14-/m1/s1. The summed E-state index contributed by atoms with van der Waals surface area (Å²) in [5.74, 6) is 1.46. The van der Waals surface area contributed by atoms with Crippen LogP contribution in [-0.2, 0) is 16.1 Å². The van der Waals surface area contributed by atoms with Gasteiger partial charge in [0.1, 0.15) is 6.04 Å². The summed E-state index contributed by atoms with van der Waals surface area (Å²) >= 11 is 0. The molecule has 0 radical (unpaired) electrons. The van der Waals surface area contributed by atoms with Gasteiger partial charge in [-0.25, -0.2) is 0 Å². The first kappa shape index (κ1) is 15.3. The van der Waals surface area contributed by atoms with Crippen molar-refractivity contribution in [2.24, 2.45) is 0 Å². The molecule has 1 aromatic rings. The number of carbonyl (C=O) groups is 2. The Labute approximate surface area is 141 Å². The zero-order valence-electron chi connectivity index (χ0n) is 13.6. The van der Waals surface area contributed by atoms with E-state index >= 15 is 0 Å². The predicted octanol–water partition coefficient (Wildman–Crippen LogP) is 1.97. The van der Waals surface area contributed by atoms with Crippen LogP contribution in [0.5, 0.6) is 11.5 Å². The van der Waals surface area contributed by atoms with Crippen LogP contribution < -0.4 is 14.8 Å². The average Bonchev–Trinajstić information content (AvgIpc) is 3.29. The van der Waals surface area contributed by atoms with E-state index < -0.39 is 0 Å². The second kappa shape index (κ2) is 6.34. The van der Waals surface area contributed by atoms with Crippen LogP contribution in [0.25, 0.3) is 0 Å². The van der Waals surface area contributed by atoms with Gasteiger partial charge in [-0.1, -0.05) is 18.9 Å². The highest BCUT2D eigenvalue weighted by molar-refractivity contribution is 5.91. The maximum absolute atomic E-state index is 12.6. The number of fused-ring (bicyclic) bond motifs is 1. The molecule has 1 aromatic carbocycles. The summed E-state index contributed by atoms with van der Waals surface area (Å²) in [5.41, 5.74) is 0.952. The van der Waals surface area contributed by atoms with Crippen molar-refractivity contribution in [2.45, 2.75) is 57.2 Å². The molecule has 24 heavy (non-hydrogen) atoms. The molecule has 2 heterocycles. The van der Waals surface area contributed by atoms with Crippen molar-refractivity contribution in [1.29, 1.82) is 0 Å². The van der Waals surface area contributed by atoms with Gasteiger partial charge in [-0.3, -0.25) is 9.59 Å². The smallest absolute Gasteiger partial charge is 0.243 e. The number of likely N-dealkylation sites (tertiary alicyclic amines) is 1. The van der Waals surface area contributed by atoms with Crippen LogP contribution >= 0.6 is 0 Å². The van der Waals surface area contributed by atoms with E-state index in [4.69, 9.17) is 9.47 Å². The lowest BCUT2D eigenvalue weighted by molar-refractivity contribution is -0.136. The van der Waals surface area contributed by atoms with E-state index in [1.807, 2.05) is 18.2 Å². The minimum atomic E-state index is -0.358. The number of nitrogens with zero attached hydrogens (tertiary/aromatic N) is 1. The van der Waals surface area contributed by atoms with Gasteiger partial charge in [0.25, 0.3) is 0 Å². The molecule has 0 aromatic heterocycles. The average molecular weight is 330 g/mol. The van der Waals surface area contributed by atoms with Crippen LogP contribution in [0.3, 0.4) is 0 Å². The summed E-state index contributed by atoms with van der Waals surface area (Å²) in [6.45, 7) is 0.659. The molecular formula is C18H22N2O4. The number of ether oxygens (including phenoxy) is 2. The Kier molecular flexibility index (Phi) is 4.04. The van der Waals surface area contributed by atoms with Gasteiger partial charge in [0.2, 0.25) is 18.6 Å². The second-order valence-corrected chi connectivity index (χ2v) is 6.75. The lowest BCUT2D eigenvalue weighted by Gasteiger charge is -2.25. The third-order valence-corrected chi connectivity index (χ3v) is 5.12. The summed E-state index contributed by atoms with van der Waals surface area (Å²) in [6.07, 6.45) is 5.49. The molecule has 0 bridgehead atoms. The van der Waals surface area contributed by atoms with E-state index in [2.05, 4.69) is 5.32 Å². The van der Waals surface area contributed by atoms with Crippen LogP contribution in [0.1, 0.15) is 44.1 Å². The largest absolute Gasteiger partial charge is 0.454 e. The summed E-state index contributed by atoms with van der Waals surface area (Å²) in [6, 6.07) is 5.58. The number of amides is 2. The van der Waals surface area contributed by atoms with Gasteiger partial charge in [-0.05, 0) is 37.0 Å². The van der Waals surface area contributed by atoms with Crippen molar-refractivity contribution < 1.29 is 19.1 Å². The number of nitrogens with one attached hydrogen (secondary N) is 1. The first-order valence-electron chi connectivity index (χ1n) is 8.69. The maximum atomic E-state index is 12.6. The van der Waals surface area contributed by atoms with Crippen LogP contribution in [0.2, 0.25) is 0 Å². The predicted molar refractivity (Wildman–Crippen MR) is 86.5 cm³/mol. The number of rotatable bonds is 4. The molecule has 2 amide bonds. The molecule has 1 saturated carbocycles. The molecule has 128 valence electrons. The second-order valence-electron chi connectivity index (χ2n) is 6.75. The van der Waals surface area contributed by atoms with E-state index in [-0.39, 0.29) is 30.7 Å². The fraction of sp³-hybridized carbons (Fsp3) is 0.556. The van der Waals surface area contributed by atoms with Crippen LogP contribution in [0, 0.1) is 0 Å². The Morgan fingerprint density at radius 2 is 1.96 bits per heavy atom. The van der Waals surface area contributed by atoms with E-state index in [0.29, 0.717) is 25.1 Å². The molecule has 6 heteroatoms. The summed E-state index contributed by atoms with van der Waals surface area (Å²) in [5, 5.41) is 3.12. The third-order valence-electron chi connectivity index (χ3n) is 5.12. The lowest BCUT2D eigenvalue weighted by atomic mass is 10.1. The number of carbonyl (C=O) groups excluding carboxylic acids is 2. The van der Waals surface area contributed by atoms with Crippen LogP contribution in [0.15, 0.2) is 18.2 Å². The van der Waals surface area contributed by atoms with E-state index in [0.717, 1.165) is 24.2 Å². The quantitative estimate of drug-likeness (QED) is 0.916. The molecule has 1 saturated heterocycles. The number of benzene rings is 1. The molecule has 2 aliphatic heterocycles. The number of hydrogen-bond acceptors (Lipinski definition) is 4.